The lowest BCUT2D eigenvalue weighted by Gasteiger charge is -2.34. The first-order chi connectivity index (χ1) is 12.6. The first-order valence-electron chi connectivity index (χ1n) is 8.88. The fourth-order valence-electron chi connectivity index (χ4n) is 3.49. The Labute approximate surface area is 149 Å². The topological polar surface area (TPSA) is 79.2 Å². The predicted octanol–water partition coefficient (Wildman–Crippen LogP) is 2.10. The minimum atomic E-state index is -2.67. The molecular weight excluding hydrogens is 344 g/mol. The summed E-state index contributed by atoms with van der Waals surface area (Å²) in [5, 5.41) is 3.26. The van der Waals surface area contributed by atoms with Crippen molar-refractivity contribution in [1.82, 2.24) is 29.3 Å². The molecule has 2 saturated heterocycles. The number of urea groups is 1. The summed E-state index contributed by atoms with van der Waals surface area (Å²) < 4.78 is 27.9. The van der Waals surface area contributed by atoms with Crippen LogP contribution in [0, 0.1) is 0 Å². The van der Waals surface area contributed by atoms with E-state index >= 15 is 0 Å². The molecule has 2 aliphatic heterocycles. The van der Waals surface area contributed by atoms with E-state index < -0.39 is 6.43 Å². The van der Waals surface area contributed by atoms with E-state index in [0.717, 1.165) is 25.9 Å². The quantitative estimate of drug-likeness (QED) is 0.898. The number of halogens is 2. The summed E-state index contributed by atoms with van der Waals surface area (Å²) in [4.78, 5) is 28.3. The Balaban J connectivity index is 1.53. The molecule has 26 heavy (non-hydrogen) atoms. The second-order valence-electron chi connectivity index (χ2n) is 6.61. The van der Waals surface area contributed by atoms with Crippen LogP contribution in [-0.4, -0.2) is 67.6 Å². The molecule has 2 fully saturated rings. The van der Waals surface area contributed by atoms with Gasteiger partial charge in [0.2, 0.25) is 0 Å². The van der Waals surface area contributed by atoms with E-state index in [-0.39, 0.29) is 17.9 Å². The normalized spacial score (nSPS) is 20.1. The maximum Gasteiger partial charge on any atom is 0.320 e. The van der Waals surface area contributed by atoms with Crippen LogP contribution in [-0.2, 0) is 6.54 Å². The minimum absolute atomic E-state index is 0.0140. The van der Waals surface area contributed by atoms with Gasteiger partial charge in [-0.1, -0.05) is 0 Å². The zero-order chi connectivity index (χ0) is 18.3. The van der Waals surface area contributed by atoms with E-state index in [1.54, 1.807) is 6.92 Å². The zero-order valence-corrected chi connectivity index (χ0v) is 14.5. The van der Waals surface area contributed by atoms with Crippen molar-refractivity contribution >= 4 is 23.0 Å². The molecule has 0 unspecified atom stereocenters. The lowest BCUT2D eigenvalue weighted by molar-refractivity contribution is 0.134. The van der Waals surface area contributed by atoms with Crippen molar-refractivity contribution in [2.24, 2.45) is 0 Å². The number of aromatic nitrogens is 4. The standard InChI is InChI=1S/C16H21F2N7O/c1-2-25-14-11(22-15(25)12(17)18)13(19-9-20-14)21-10-4-7-24(8-10)16(26)23-5-3-6-23/h9-10,12H,2-8H2,1H3,(H,19,20,21)/t10-/m0/s1. The van der Waals surface area contributed by atoms with Gasteiger partial charge in [0.25, 0.3) is 6.43 Å². The highest BCUT2D eigenvalue weighted by atomic mass is 19.3. The second kappa shape index (κ2) is 6.65. The predicted molar refractivity (Wildman–Crippen MR) is 91.1 cm³/mol. The largest absolute Gasteiger partial charge is 0.364 e. The van der Waals surface area contributed by atoms with Crippen LogP contribution < -0.4 is 5.32 Å². The van der Waals surface area contributed by atoms with Crippen molar-refractivity contribution in [3.63, 3.8) is 0 Å². The van der Waals surface area contributed by atoms with Crippen LogP contribution in [0.15, 0.2) is 6.33 Å². The highest BCUT2D eigenvalue weighted by Gasteiger charge is 2.32. The van der Waals surface area contributed by atoms with Gasteiger partial charge < -0.3 is 19.7 Å². The summed E-state index contributed by atoms with van der Waals surface area (Å²) in [6.45, 7) is 5.02. The molecule has 2 aromatic rings. The van der Waals surface area contributed by atoms with E-state index in [9.17, 15) is 13.6 Å². The molecule has 10 heteroatoms. The molecule has 2 amide bonds. The molecular formula is C16H21F2N7O. The van der Waals surface area contributed by atoms with Crippen molar-refractivity contribution < 1.29 is 13.6 Å². The molecule has 0 aliphatic carbocycles. The highest BCUT2D eigenvalue weighted by Crippen LogP contribution is 2.27. The SMILES string of the molecule is CCn1c(C(F)F)nc2c(N[C@H]3CCN(C(=O)N4CCC4)C3)ncnc21. The van der Waals surface area contributed by atoms with E-state index in [2.05, 4.69) is 20.3 Å². The molecule has 4 rings (SSSR count). The van der Waals surface area contributed by atoms with Crippen LogP contribution in [0.25, 0.3) is 11.2 Å². The minimum Gasteiger partial charge on any atom is -0.364 e. The van der Waals surface area contributed by atoms with Crippen LogP contribution in [0.5, 0.6) is 0 Å². The lowest BCUT2D eigenvalue weighted by atomic mass is 10.2. The Morgan fingerprint density at radius 3 is 2.77 bits per heavy atom. The average molecular weight is 365 g/mol. The van der Waals surface area contributed by atoms with Crippen molar-refractivity contribution in [3.05, 3.63) is 12.2 Å². The van der Waals surface area contributed by atoms with Crippen molar-refractivity contribution in [2.75, 3.05) is 31.5 Å². The number of imidazole rings is 1. The Hall–Kier alpha value is -2.52. The summed E-state index contributed by atoms with van der Waals surface area (Å²) in [5.74, 6) is 0.138. The Morgan fingerprint density at radius 1 is 1.31 bits per heavy atom. The van der Waals surface area contributed by atoms with E-state index in [4.69, 9.17) is 0 Å². The summed E-state index contributed by atoms with van der Waals surface area (Å²) >= 11 is 0. The van der Waals surface area contributed by atoms with Crippen LogP contribution in [0.2, 0.25) is 0 Å². The second-order valence-corrected chi connectivity index (χ2v) is 6.61. The number of carbonyl (C=O) groups excluding carboxylic acids is 1. The number of fused-ring (bicyclic) bond motifs is 1. The number of amides is 2. The number of nitrogens with one attached hydrogen (secondary N) is 1. The van der Waals surface area contributed by atoms with Gasteiger partial charge in [0.1, 0.15) is 6.33 Å². The number of anilines is 1. The van der Waals surface area contributed by atoms with Gasteiger partial charge in [0.05, 0.1) is 0 Å². The van der Waals surface area contributed by atoms with E-state index in [0.29, 0.717) is 36.6 Å². The number of hydrogen-bond acceptors (Lipinski definition) is 5. The number of carbonyl (C=O) groups is 1. The molecule has 140 valence electrons. The Morgan fingerprint density at radius 2 is 2.12 bits per heavy atom. The van der Waals surface area contributed by atoms with Crippen molar-refractivity contribution in [2.45, 2.75) is 38.8 Å². The van der Waals surface area contributed by atoms with Crippen molar-refractivity contribution in [1.29, 1.82) is 0 Å². The van der Waals surface area contributed by atoms with Gasteiger partial charge in [-0.2, -0.15) is 0 Å². The van der Waals surface area contributed by atoms with Crippen LogP contribution in [0.4, 0.5) is 19.4 Å². The summed E-state index contributed by atoms with van der Waals surface area (Å²) in [6, 6.07) is 0.0868. The third kappa shape index (κ3) is 2.82. The monoisotopic (exact) mass is 365 g/mol. The van der Waals surface area contributed by atoms with Gasteiger partial charge in [-0.15, -0.1) is 0 Å². The van der Waals surface area contributed by atoms with Gasteiger partial charge in [-0.05, 0) is 19.8 Å². The lowest BCUT2D eigenvalue weighted by Crippen LogP contribution is -2.49. The maximum absolute atomic E-state index is 13.2. The number of rotatable bonds is 4. The maximum atomic E-state index is 13.2. The van der Waals surface area contributed by atoms with Gasteiger partial charge in [-0.3, -0.25) is 0 Å². The average Bonchev–Trinajstić information content (AvgIpc) is 3.18. The molecule has 0 aromatic carbocycles. The number of hydrogen-bond donors (Lipinski definition) is 1. The molecule has 1 N–H and O–H groups in total. The van der Waals surface area contributed by atoms with Gasteiger partial charge >= 0.3 is 6.03 Å². The molecule has 2 aromatic heterocycles. The fourth-order valence-corrected chi connectivity index (χ4v) is 3.49. The van der Waals surface area contributed by atoms with Crippen molar-refractivity contribution in [3.8, 4) is 0 Å². The van der Waals surface area contributed by atoms with Gasteiger partial charge in [0, 0.05) is 38.8 Å². The molecule has 8 nitrogen and oxygen atoms in total. The highest BCUT2D eigenvalue weighted by molar-refractivity contribution is 5.83. The van der Waals surface area contributed by atoms with Gasteiger partial charge in [-0.25, -0.2) is 28.5 Å². The Kier molecular flexibility index (Phi) is 4.33. The van der Waals surface area contributed by atoms with E-state index in [1.807, 2.05) is 9.80 Å². The Bertz CT molecular complexity index is 820. The van der Waals surface area contributed by atoms with Gasteiger partial charge in [0.15, 0.2) is 22.8 Å². The van der Waals surface area contributed by atoms with Crippen LogP contribution in [0.1, 0.15) is 32.0 Å². The van der Waals surface area contributed by atoms with E-state index in [1.165, 1.54) is 10.9 Å². The molecule has 1 atom stereocenters. The molecule has 0 radical (unpaired) electrons. The van der Waals surface area contributed by atoms with Crippen LogP contribution in [0.3, 0.4) is 0 Å². The number of alkyl halides is 2. The van der Waals surface area contributed by atoms with Crippen LogP contribution >= 0.6 is 0 Å². The third-order valence-electron chi connectivity index (χ3n) is 5.00. The smallest absolute Gasteiger partial charge is 0.320 e. The summed E-state index contributed by atoms with van der Waals surface area (Å²) in [7, 11) is 0. The number of aryl methyl sites for hydroxylation is 1. The molecule has 0 bridgehead atoms. The fraction of sp³-hybridized carbons (Fsp3) is 0.625. The first-order valence-corrected chi connectivity index (χ1v) is 8.88. The third-order valence-corrected chi connectivity index (χ3v) is 5.00. The number of likely N-dealkylation sites (tertiary alicyclic amines) is 2. The molecule has 0 spiro atoms. The molecule has 0 saturated carbocycles. The molecule has 4 heterocycles. The first kappa shape index (κ1) is 16.9. The summed E-state index contributed by atoms with van der Waals surface area (Å²) in [5.41, 5.74) is 0.740. The zero-order valence-electron chi connectivity index (χ0n) is 14.5. The summed E-state index contributed by atoms with van der Waals surface area (Å²) in [6.07, 6.45) is 0.521. The number of nitrogens with zero attached hydrogens (tertiary/aromatic N) is 6. The molecule has 2 aliphatic rings.